The number of nitrogens with one attached hydrogen (secondary N) is 1. The summed E-state index contributed by atoms with van der Waals surface area (Å²) in [6, 6.07) is 26.9. The van der Waals surface area contributed by atoms with E-state index in [9.17, 15) is 4.79 Å². The molecule has 3 aromatic carbocycles. The van der Waals surface area contributed by atoms with Crippen molar-refractivity contribution in [2.24, 2.45) is 0 Å². The zero-order valence-corrected chi connectivity index (χ0v) is 20.1. The fraction of sp³-hybridized carbons (Fsp3) is 0.241. The second kappa shape index (κ2) is 10.3. The summed E-state index contributed by atoms with van der Waals surface area (Å²) in [4.78, 5) is 20.1. The van der Waals surface area contributed by atoms with Crippen LogP contribution in [0.3, 0.4) is 0 Å². The van der Waals surface area contributed by atoms with Crippen molar-refractivity contribution < 1.29 is 9.53 Å². The third-order valence-electron chi connectivity index (χ3n) is 6.34. The number of carbonyl (C=O) groups is 1. The lowest BCUT2D eigenvalue weighted by Gasteiger charge is -2.26. The summed E-state index contributed by atoms with van der Waals surface area (Å²) < 4.78 is 5.48. The molecule has 5 heteroatoms. The molecule has 4 nitrogen and oxygen atoms in total. The Morgan fingerprint density at radius 1 is 1.00 bits per heavy atom. The maximum atomic E-state index is 11.5. The molecule has 0 radical (unpaired) electrons. The number of nitrogens with zero attached hydrogens (tertiary/aromatic N) is 1. The Kier molecular flexibility index (Phi) is 6.82. The molecule has 0 amide bonds. The third kappa shape index (κ3) is 4.95. The van der Waals surface area contributed by atoms with Crippen molar-refractivity contribution in [2.75, 3.05) is 5.75 Å². The summed E-state index contributed by atoms with van der Waals surface area (Å²) in [5, 5.41) is 0.947. The largest absolute Gasteiger partial charge is 0.426 e. The second-order valence-electron chi connectivity index (χ2n) is 8.64. The lowest BCUT2D eigenvalue weighted by Crippen LogP contribution is -2.13. The first-order valence-electron chi connectivity index (χ1n) is 11.8. The highest BCUT2D eigenvalue weighted by molar-refractivity contribution is 7.99. The molecule has 1 heterocycles. The Morgan fingerprint density at radius 2 is 1.74 bits per heavy atom. The number of carbonyl (C=O) groups excluding carboxylic acids is 1. The van der Waals surface area contributed by atoms with Crippen molar-refractivity contribution in [3.05, 3.63) is 90.0 Å². The smallest absolute Gasteiger partial charge is 0.308 e. The van der Waals surface area contributed by atoms with Gasteiger partial charge >= 0.3 is 5.97 Å². The van der Waals surface area contributed by atoms with E-state index in [1.54, 1.807) is 11.8 Å². The van der Waals surface area contributed by atoms with Crippen LogP contribution in [0.5, 0.6) is 5.75 Å². The molecule has 34 heavy (non-hydrogen) atoms. The molecule has 1 N–H and O–H groups in total. The number of ether oxygens (including phenoxy) is 1. The normalized spacial score (nSPS) is 15.0. The maximum Gasteiger partial charge on any atom is 0.308 e. The lowest BCUT2D eigenvalue weighted by molar-refractivity contribution is -0.131. The van der Waals surface area contributed by atoms with Gasteiger partial charge in [0.25, 0.3) is 0 Å². The summed E-state index contributed by atoms with van der Waals surface area (Å²) in [6.45, 7) is 1.47. The van der Waals surface area contributed by atoms with Crippen LogP contribution in [-0.4, -0.2) is 21.7 Å². The summed E-state index contributed by atoms with van der Waals surface area (Å²) in [7, 11) is 0. The summed E-state index contributed by atoms with van der Waals surface area (Å²) in [6.07, 6.45) is 4.32. The number of thioether (sulfide) groups is 1. The fourth-order valence-electron chi connectivity index (χ4n) is 4.80. The van der Waals surface area contributed by atoms with Gasteiger partial charge < -0.3 is 9.72 Å². The molecular weight excluding hydrogens is 440 g/mol. The Bertz CT molecular complexity index is 1210. The molecule has 0 saturated carbocycles. The first-order chi connectivity index (χ1) is 16.7. The van der Waals surface area contributed by atoms with Crippen LogP contribution in [0.1, 0.15) is 43.2 Å². The SMILES string of the molecule is CC(=O)Oc1cccc2c1CCCC2CCSc1nc(-c2ccccc2)c(-c2ccccc2)[nH]1. The van der Waals surface area contributed by atoms with Gasteiger partial charge in [-0.2, -0.15) is 0 Å². The molecule has 0 spiro atoms. The first-order valence-corrected chi connectivity index (χ1v) is 12.8. The minimum atomic E-state index is -0.257. The predicted octanol–water partition coefficient (Wildman–Crippen LogP) is 7.27. The van der Waals surface area contributed by atoms with Crippen LogP contribution in [-0.2, 0) is 11.2 Å². The Morgan fingerprint density at radius 3 is 2.47 bits per heavy atom. The predicted molar refractivity (Wildman–Crippen MR) is 138 cm³/mol. The molecule has 5 rings (SSSR count). The molecule has 0 aliphatic heterocycles. The second-order valence-corrected chi connectivity index (χ2v) is 9.73. The minimum absolute atomic E-state index is 0.257. The Hall–Kier alpha value is -3.31. The van der Waals surface area contributed by atoms with E-state index in [1.165, 1.54) is 24.5 Å². The van der Waals surface area contributed by atoms with Crippen LogP contribution in [0, 0.1) is 0 Å². The van der Waals surface area contributed by atoms with Gasteiger partial charge in [0.05, 0.1) is 11.4 Å². The number of aromatic amines is 1. The zero-order chi connectivity index (χ0) is 23.3. The molecule has 1 aliphatic carbocycles. The molecule has 1 unspecified atom stereocenters. The number of rotatable bonds is 7. The molecule has 0 fully saturated rings. The highest BCUT2D eigenvalue weighted by Gasteiger charge is 2.23. The average molecular weight is 469 g/mol. The number of H-pyrrole nitrogens is 1. The monoisotopic (exact) mass is 468 g/mol. The lowest BCUT2D eigenvalue weighted by atomic mass is 9.81. The standard InChI is InChI=1S/C29H28N2O2S/c1-20(32)33-26-17-9-15-24-21(14-8-16-25(24)26)18-19-34-29-30-27(22-10-4-2-5-11-22)28(31-29)23-12-6-3-7-13-23/h2-7,9-13,15,17,21H,8,14,16,18-19H2,1H3,(H,30,31). The molecule has 1 aliphatic rings. The van der Waals surface area contributed by atoms with Crippen molar-refractivity contribution in [3.63, 3.8) is 0 Å². The van der Waals surface area contributed by atoms with Crippen molar-refractivity contribution in [1.29, 1.82) is 0 Å². The average Bonchev–Trinajstić information content (AvgIpc) is 3.29. The molecule has 4 aromatic rings. The molecule has 1 aromatic heterocycles. The number of fused-ring (bicyclic) bond motifs is 1. The van der Waals surface area contributed by atoms with Gasteiger partial charge in [-0.15, -0.1) is 0 Å². The van der Waals surface area contributed by atoms with Crippen LogP contribution < -0.4 is 4.74 Å². The van der Waals surface area contributed by atoms with Gasteiger partial charge in [0, 0.05) is 23.8 Å². The fourth-order valence-corrected chi connectivity index (χ4v) is 5.73. The quantitative estimate of drug-likeness (QED) is 0.176. The van der Waals surface area contributed by atoms with Gasteiger partial charge in [0.15, 0.2) is 5.16 Å². The molecule has 0 bridgehead atoms. The number of hydrogen-bond acceptors (Lipinski definition) is 4. The van der Waals surface area contributed by atoms with E-state index in [0.29, 0.717) is 5.92 Å². The summed E-state index contributed by atoms with van der Waals surface area (Å²) in [5.74, 6) is 1.92. The van der Waals surface area contributed by atoms with Crippen molar-refractivity contribution in [2.45, 2.75) is 43.7 Å². The van der Waals surface area contributed by atoms with Crippen LogP contribution in [0.25, 0.3) is 22.5 Å². The van der Waals surface area contributed by atoms with Crippen molar-refractivity contribution >= 4 is 17.7 Å². The number of esters is 1. The Labute approximate surface area is 204 Å². The van der Waals surface area contributed by atoms with Crippen LogP contribution in [0.15, 0.2) is 84.0 Å². The van der Waals surface area contributed by atoms with Crippen molar-refractivity contribution in [3.8, 4) is 28.3 Å². The molecular formula is C29H28N2O2S. The van der Waals surface area contributed by atoms with Crippen molar-refractivity contribution in [1.82, 2.24) is 9.97 Å². The van der Waals surface area contributed by atoms with Gasteiger partial charge in [-0.1, -0.05) is 84.6 Å². The van der Waals surface area contributed by atoms with Gasteiger partial charge in [-0.3, -0.25) is 4.79 Å². The first kappa shape index (κ1) is 22.5. The minimum Gasteiger partial charge on any atom is -0.426 e. The number of benzene rings is 3. The van der Waals surface area contributed by atoms with E-state index in [2.05, 4.69) is 59.6 Å². The highest BCUT2D eigenvalue weighted by Crippen LogP contribution is 2.40. The van der Waals surface area contributed by atoms with Gasteiger partial charge in [0.1, 0.15) is 5.75 Å². The number of imidazole rings is 1. The van der Waals surface area contributed by atoms with Crippen LogP contribution in [0.4, 0.5) is 0 Å². The number of aromatic nitrogens is 2. The van der Waals surface area contributed by atoms with Crippen LogP contribution in [0.2, 0.25) is 0 Å². The maximum absolute atomic E-state index is 11.5. The van der Waals surface area contributed by atoms with Gasteiger partial charge in [-0.25, -0.2) is 4.98 Å². The van der Waals surface area contributed by atoms with E-state index >= 15 is 0 Å². The summed E-state index contributed by atoms with van der Waals surface area (Å²) >= 11 is 1.78. The topological polar surface area (TPSA) is 55.0 Å². The third-order valence-corrected chi connectivity index (χ3v) is 7.25. The molecule has 0 saturated heterocycles. The Balaban J connectivity index is 1.33. The van der Waals surface area contributed by atoms with Crippen LogP contribution >= 0.6 is 11.8 Å². The zero-order valence-electron chi connectivity index (χ0n) is 19.3. The summed E-state index contributed by atoms with van der Waals surface area (Å²) in [5.41, 5.74) is 6.84. The van der Waals surface area contributed by atoms with Gasteiger partial charge in [-0.05, 0) is 48.8 Å². The van der Waals surface area contributed by atoms with E-state index in [1.807, 2.05) is 24.3 Å². The van der Waals surface area contributed by atoms with E-state index < -0.39 is 0 Å². The molecule has 172 valence electrons. The number of hydrogen-bond donors (Lipinski definition) is 1. The van der Waals surface area contributed by atoms with E-state index in [-0.39, 0.29) is 5.97 Å². The van der Waals surface area contributed by atoms with Gasteiger partial charge in [0.2, 0.25) is 0 Å². The molecule has 1 atom stereocenters. The van der Waals surface area contributed by atoms with E-state index in [4.69, 9.17) is 9.72 Å². The highest BCUT2D eigenvalue weighted by atomic mass is 32.2. The van der Waals surface area contributed by atoms with E-state index in [0.717, 1.165) is 58.4 Å².